The molecule has 1 aromatic carbocycles. The highest BCUT2D eigenvalue weighted by Gasteiger charge is 2.18. The van der Waals surface area contributed by atoms with Crippen molar-refractivity contribution in [2.45, 2.75) is 13.8 Å². The summed E-state index contributed by atoms with van der Waals surface area (Å²) >= 11 is 0. The highest BCUT2D eigenvalue weighted by Crippen LogP contribution is 2.24. The van der Waals surface area contributed by atoms with Gasteiger partial charge in [0, 0.05) is 5.92 Å². The number of nitrogens with zero attached hydrogens (tertiary/aromatic N) is 1. The summed E-state index contributed by atoms with van der Waals surface area (Å²) in [4.78, 5) is 9.93. The fourth-order valence-corrected chi connectivity index (χ4v) is 2.28. The number of fused-ring (bicyclic) bond motifs is 1. The van der Waals surface area contributed by atoms with Crippen LogP contribution in [-0.4, -0.2) is 4.92 Å². The first kappa shape index (κ1) is 10.6. The predicted octanol–water partition coefficient (Wildman–Crippen LogP) is 1.45. The van der Waals surface area contributed by atoms with Gasteiger partial charge in [-0.2, -0.15) is 0 Å². The van der Waals surface area contributed by atoms with Crippen molar-refractivity contribution >= 4 is 11.1 Å². The van der Waals surface area contributed by atoms with E-state index in [1.807, 2.05) is 26.0 Å². The van der Waals surface area contributed by atoms with Crippen LogP contribution in [0.1, 0.15) is 13.8 Å². The monoisotopic (exact) mass is 215 g/mol. The molecule has 0 saturated carbocycles. The van der Waals surface area contributed by atoms with Gasteiger partial charge in [0.15, 0.2) is 0 Å². The molecular weight excluding hydrogens is 202 g/mol. The Hall–Kier alpha value is -1.90. The molecule has 2 rings (SSSR count). The van der Waals surface area contributed by atoms with Crippen LogP contribution in [0.2, 0.25) is 0 Å². The fraction of sp³-hybridized carbons (Fsp3) is 0.231. The summed E-state index contributed by atoms with van der Waals surface area (Å²) in [6.07, 6.45) is 2.69. The lowest BCUT2D eigenvalue weighted by Crippen LogP contribution is -2.22. The summed E-state index contributed by atoms with van der Waals surface area (Å²) in [5, 5.41) is 12.8. The number of hydrogen-bond donors (Lipinski definition) is 0. The molecule has 0 bridgehead atoms. The van der Waals surface area contributed by atoms with Crippen LogP contribution in [0.4, 0.5) is 0 Å². The van der Waals surface area contributed by atoms with Crippen molar-refractivity contribution in [3.05, 3.63) is 57.1 Å². The van der Waals surface area contributed by atoms with Crippen LogP contribution in [0.25, 0.3) is 11.1 Å². The third-order valence-electron chi connectivity index (χ3n) is 3.11. The zero-order valence-electron chi connectivity index (χ0n) is 9.31. The Morgan fingerprint density at radius 1 is 1.19 bits per heavy atom. The van der Waals surface area contributed by atoms with Crippen LogP contribution in [0.15, 0.2) is 36.5 Å². The van der Waals surface area contributed by atoms with E-state index in [-0.39, 0.29) is 5.92 Å². The van der Waals surface area contributed by atoms with Gasteiger partial charge < -0.3 is 0 Å². The average molecular weight is 215 g/mol. The zero-order chi connectivity index (χ0) is 11.7. The predicted molar refractivity (Wildman–Crippen MR) is 63.5 cm³/mol. The second-order valence-corrected chi connectivity index (χ2v) is 4.02. The van der Waals surface area contributed by atoms with E-state index in [0.29, 0.717) is 0 Å². The van der Waals surface area contributed by atoms with Crippen molar-refractivity contribution in [3.8, 4) is 0 Å². The first-order valence-corrected chi connectivity index (χ1v) is 5.19. The molecule has 0 amide bonds. The van der Waals surface area contributed by atoms with Gasteiger partial charge in [0.1, 0.15) is 0 Å². The van der Waals surface area contributed by atoms with Crippen molar-refractivity contribution in [3.63, 3.8) is 0 Å². The van der Waals surface area contributed by atoms with Crippen molar-refractivity contribution in [1.29, 1.82) is 0 Å². The molecule has 82 valence electrons. The van der Waals surface area contributed by atoms with E-state index < -0.39 is 4.92 Å². The van der Waals surface area contributed by atoms with Crippen LogP contribution in [-0.2, 0) is 0 Å². The minimum Gasteiger partial charge on any atom is -0.259 e. The lowest BCUT2D eigenvalue weighted by molar-refractivity contribution is -0.402. The van der Waals surface area contributed by atoms with Gasteiger partial charge in [-0.3, -0.25) is 10.1 Å². The summed E-state index contributed by atoms with van der Waals surface area (Å²) in [7, 11) is 0. The van der Waals surface area contributed by atoms with Gasteiger partial charge in [-0.15, -0.1) is 0 Å². The van der Waals surface area contributed by atoms with E-state index in [9.17, 15) is 10.1 Å². The average Bonchev–Trinajstić information content (AvgIpc) is 2.50. The Balaban J connectivity index is 2.56. The third-order valence-corrected chi connectivity index (χ3v) is 3.11. The molecule has 1 aliphatic rings. The van der Waals surface area contributed by atoms with Gasteiger partial charge >= 0.3 is 0 Å². The SMILES string of the molecule is CC1=c2ccccc2=C(C)C1/C=C/[N+](=O)[O-]. The normalized spacial score (nSPS) is 15.9. The Labute approximate surface area is 93.6 Å². The van der Waals surface area contributed by atoms with Crippen molar-refractivity contribution in [1.82, 2.24) is 0 Å². The highest BCUT2D eigenvalue weighted by molar-refractivity contribution is 5.71. The van der Waals surface area contributed by atoms with Crippen molar-refractivity contribution in [2.75, 3.05) is 0 Å². The van der Waals surface area contributed by atoms with Crippen LogP contribution in [0.5, 0.6) is 0 Å². The topological polar surface area (TPSA) is 43.1 Å². The third kappa shape index (κ3) is 1.65. The molecule has 0 heterocycles. The minimum absolute atomic E-state index is 0.0720. The maximum Gasteiger partial charge on any atom is 0.231 e. The summed E-state index contributed by atoms with van der Waals surface area (Å²) in [5.41, 5.74) is 2.37. The molecule has 16 heavy (non-hydrogen) atoms. The summed E-state index contributed by atoms with van der Waals surface area (Å²) in [6, 6.07) is 8.12. The smallest absolute Gasteiger partial charge is 0.231 e. The lowest BCUT2D eigenvalue weighted by atomic mass is 9.97. The second-order valence-electron chi connectivity index (χ2n) is 4.02. The second kappa shape index (κ2) is 3.93. The van der Waals surface area contributed by atoms with E-state index >= 15 is 0 Å². The first-order valence-electron chi connectivity index (χ1n) is 5.19. The Morgan fingerprint density at radius 2 is 1.69 bits per heavy atom. The van der Waals surface area contributed by atoms with Crippen molar-refractivity contribution < 1.29 is 4.92 Å². The molecule has 0 saturated heterocycles. The molecule has 0 atom stereocenters. The number of rotatable bonds is 2. The Morgan fingerprint density at radius 3 is 2.12 bits per heavy atom. The van der Waals surface area contributed by atoms with Crippen LogP contribution in [0, 0.1) is 16.0 Å². The van der Waals surface area contributed by atoms with Crippen LogP contribution >= 0.6 is 0 Å². The number of nitro groups is 1. The summed E-state index contributed by atoms with van der Waals surface area (Å²) in [6.45, 7) is 4.06. The van der Waals surface area contributed by atoms with Crippen LogP contribution in [0.3, 0.4) is 0 Å². The Bertz CT molecular complexity index is 543. The largest absolute Gasteiger partial charge is 0.259 e. The fourth-order valence-electron chi connectivity index (χ4n) is 2.28. The molecule has 0 unspecified atom stereocenters. The molecule has 0 fully saturated rings. The number of allylic oxidation sites excluding steroid dienone is 1. The molecule has 3 heteroatoms. The Kier molecular flexibility index (Phi) is 2.60. The molecule has 3 nitrogen and oxygen atoms in total. The van der Waals surface area contributed by atoms with Gasteiger partial charge in [0.05, 0.1) is 4.92 Å². The van der Waals surface area contributed by atoms with E-state index in [0.717, 1.165) is 6.20 Å². The van der Waals surface area contributed by atoms with Crippen molar-refractivity contribution in [2.24, 2.45) is 5.92 Å². The minimum atomic E-state index is -0.413. The van der Waals surface area contributed by atoms with E-state index in [2.05, 4.69) is 12.1 Å². The standard InChI is InChI=1S/C13H13NO2/c1-9-11(7-8-14(15)16)10(2)13-6-4-3-5-12(9)13/h3-8,11H,1-2H3/b8-7+. The maximum atomic E-state index is 10.3. The highest BCUT2D eigenvalue weighted by atomic mass is 16.6. The first-order chi connectivity index (χ1) is 7.61. The van der Waals surface area contributed by atoms with Gasteiger partial charge in [0.2, 0.25) is 6.20 Å². The number of benzene rings is 1. The maximum absolute atomic E-state index is 10.3. The molecule has 0 radical (unpaired) electrons. The molecule has 0 N–H and O–H groups in total. The summed E-state index contributed by atoms with van der Waals surface area (Å²) < 4.78 is 0. The lowest BCUT2D eigenvalue weighted by Gasteiger charge is -2.07. The van der Waals surface area contributed by atoms with E-state index in [4.69, 9.17) is 0 Å². The molecule has 1 aliphatic carbocycles. The van der Waals surface area contributed by atoms with Crippen LogP contribution < -0.4 is 10.4 Å². The van der Waals surface area contributed by atoms with Gasteiger partial charge in [0.25, 0.3) is 0 Å². The molecular formula is C13H13NO2. The molecule has 0 spiro atoms. The van der Waals surface area contributed by atoms with Gasteiger partial charge in [-0.05, 0) is 30.4 Å². The summed E-state index contributed by atoms with van der Waals surface area (Å²) in [5.74, 6) is 0.0720. The van der Waals surface area contributed by atoms with Gasteiger partial charge in [-0.1, -0.05) is 35.4 Å². The molecule has 0 aliphatic heterocycles. The van der Waals surface area contributed by atoms with E-state index in [1.54, 1.807) is 6.08 Å². The quantitative estimate of drug-likeness (QED) is 0.553. The molecule has 0 aromatic heterocycles. The number of hydrogen-bond acceptors (Lipinski definition) is 2. The van der Waals surface area contributed by atoms with E-state index in [1.165, 1.54) is 21.6 Å². The molecule has 1 aromatic rings. The van der Waals surface area contributed by atoms with Gasteiger partial charge in [-0.25, -0.2) is 0 Å². The zero-order valence-corrected chi connectivity index (χ0v) is 9.31.